The van der Waals surface area contributed by atoms with Crippen molar-refractivity contribution in [2.24, 2.45) is 17.3 Å². The molecule has 1 amide bonds. The summed E-state index contributed by atoms with van der Waals surface area (Å²) in [5.41, 5.74) is -0.968. The van der Waals surface area contributed by atoms with E-state index < -0.39 is 59.3 Å². The predicted molar refractivity (Wildman–Crippen MR) is 179 cm³/mol. The zero-order chi connectivity index (χ0) is 35.0. The van der Waals surface area contributed by atoms with Gasteiger partial charge in [-0.3, -0.25) is 14.3 Å². The maximum atomic E-state index is 13.4. The predicted octanol–water partition coefficient (Wildman–Crippen LogP) is 5.40. The van der Waals surface area contributed by atoms with Crippen LogP contribution in [0.1, 0.15) is 101 Å². The van der Waals surface area contributed by atoms with E-state index in [-0.39, 0.29) is 18.3 Å². The summed E-state index contributed by atoms with van der Waals surface area (Å²) in [7, 11) is 0. The summed E-state index contributed by atoms with van der Waals surface area (Å²) in [6, 6.07) is 1.92. The van der Waals surface area contributed by atoms with Crippen LogP contribution >= 0.6 is 11.8 Å². The highest BCUT2D eigenvalue weighted by molar-refractivity contribution is 7.98. The molecule has 1 fully saturated rings. The topological polar surface area (TPSA) is 149 Å². The van der Waals surface area contributed by atoms with Gasteiger partial charge in [0.25, 0.3) is 0 Å². The number of ketones is 1. The molecule has 0 unspecified atom stereocenters. The second-order valence-corrected chi connectivity index (χ2v) is 15.5. The zero-order valence-corrected chi connectivity index (χ0v) is 30.5. The number of thioether (sulfide) groups is 1. The number of cyclic esters (lactones) is 1. The Hall–Kier alpha value is -2.41. The van der Waals surface area contributed by atoms with Crippen LogP contribution in [0.3, 0.4) is 0 Å². The van der Waals surface area contributed by atoms with E-state index in [1.807, 2.05) is 46.1 Å². The Kier molecular flexibility index (Phi) is 14.4. The standard InChI is InChI=1S/C34H57N3O8S/c1-21-13-12-14-33(7,8)43-20-25(44-28(39)19-26(38)34(9,10)30(41)23(3)29(21)40)22(2)17-24-18-27(46-11)36-37(24)16-15-35-31(42)45-32(4,5)6/h17-18,21,23,25-26,29,38,40H,12-16,19-20H2,1-11H3,(H,35,42)/b22-17+/t21-,23+,25-,26-,29-/m0/s1. The molecule has 262 valence electrons. The number of Topliss-reactive ketones (excluding diaryl/α,β-unsaturated/α-hetero) is 1. The van der Waals surface area contributed by atoms with Crippen LogP contribution in [-0.2, 0) is 30.3 Å². The molecule has 0 aromatic carbocycles. The van der Waals surface area contributed by atoms with E-state index in [1.165, 1.54) is 11.8 Å². The number of nitrogens with one attached hydrogen (secondary N) is 1. The first kappa shape index (κ1) is 39.8. The van der Waals surface area contributed by atoms with Gasteiger partial charge in [0.2, 0.25) is 0 Å². The summed E-state index contributed by atoms with van der Waals surface area (Å²) in [6.45, 7) is 18.8. The number of carbonyl (C=O) groups is 3. The minimum atomic E-state index is -1.31. The van der Waals surface area contributed by atoms with Crippen molar-refractivity contribution in [2.75, 3.05) is 19.4 Å². The number of hydrogen-bond donors (Lipinski definition) is 3. The SMILES string of the molecule is CSc1cc(/C=C(\C)[C@@H]2COC(C)(C)CCC[C@H](C)[C@H](O)[C@@H](C)C(=O)C(C)(C)[C@@H](O)CC(=O)O2)n(CCNC(=O)OC(C)(C)C)n1. The van der Waals surface area contributed by atoms with Gasteiger partial charge in [0.1, 0.15) is 22.5 Å². The van der Waals surface area contributed by atoms with Gasteiger partial charge in [-0.15, -0.1) is 11.8 Å². The van der Waals surface area contributed by atoms with Crippen molar-refractivity contribution in [3.63, 3.8) is 0 Å². The van der Waals surface area contributed by atoms with E-state index in [1.54, 1.807) is 46.2 Å². The number of ether oxygens (including phenoxy) is 3. The molecule has 1 aromatic heterocycles. The highest BCUT2D eigenvalue weighted by Gasteiger charge is 2.42. The zero-order valence-electron chi connectivity index (χ0n) is 29.6. The number of alkyl carbamates (subject to hydrolysis) is 1. The average molecular weight is 668 g/mol. The van der Waals surface area contributed by atoms with Crippen molar-refractivity contribution >= 4 is 35.7 Å². The summed E-state index contributed by atoms with van der Waals surface area (Å²) in [4.78, 5) is 38.8. The Labute approximate surface area is 279 Å². The molecule has 2 rings (SSSR count). The first-order valence-corrected chi connectivity index (χ1v) is 17.4. The van der Waals surface area contributed by atoms with Crippen molar-refractivity contribution in [3.8, 4) is 0 Å². The molecule has 0 radical (unpaired) electrons. The van der Waals surface area contributed by atoms with Crippen LogP contribution < -0.4 is 5.32 Å². The highest BCUT2D eigenvalue weighted by Crippen LogP contribution is 2.33. The monoisotopic (exact) mass is 667 g/mol. The van der Waals surface area contributed by atoms with E-state index in [4.69, 9.17) is 14.2 Å². The van der Waals surface area contributed by atoms with Gasteiger partial charge < -0.3 is 29.7 Å². The van der Waals surface area contributed by atoms with Crippen molar-refractivity contribution in [3.05, 3.63) is 17.3 Å². The molecule has 0 spiro atoms. The molecule has 12 heteroatoms. The molecule has 1 aliphatic rings. The van der Waals surface area contributed by atoms with E-state index in [0.717, 1.165) is 17.1 Å². The normalized spacial score (nSPS) is 27.2. The lowest BCUT2D eigenvalue weighted by molar-refractivity contribution is -0.159. The van der Waals surface area contributed by atoms with Gasteiger partial charge in [0, 0.05) is 12.5 Å². The second kappa shape index (κ2) is 16.6. The number of rotatable bonds is 6. The number of amides is 1. The number of nitrogens with zero attached hydrogens (tertiary/aromatic N) is 2. The number of aliphatic hydroxyl groups is 2. The molecular weight excluding hydrogens is 610 g/mol. The fraction of sp³-hybridized carbons (Fsp3) is 0.765. The highest BCUT2D eigenvalue weighted by atomic mass is 32.2. The van der Waals surface area contributed by atoms with E-state index in [2.05, 4.69) is 10.4 Å². The Morgan fingerprint density at radius 3 is 2.48 bits per heavy atom. The van der Waals surface area contributed by atoms with Gasteiger partial charge in [0.05, 0.1) is 48.5 Å². The van der Waals surface area contributed by atoms with Gasteiger partial charge >= 0.3 is 12.1 Å². The van der Waals surface area contributed by atoms with Crippen molar-refractivity contribution in [2.45, 2.75) is 136 Å². The first-order valence-electron chi connectivity index (χ1n) is 16.2. The fourth-order valence-electron chi connectivity index (χ4n) is 5.38. The number of hydrogen-bond acceptors (Lipinski definition) is 10. The number of carbonyl (C=O) groups excluding carboxylic acids is 3. The maximum Gasteiger partial charge on any atom is 0.407 e. The van der Waals surface area contributed by atoms with Crippen molar-refractivity contribution in [1.29, 1.82) is 0 Å². The molecule has 0 saturated carbocycles. The smallest absolute Gasteiger partial charge is 0.407 e. The lowest BCUT2D eigenvalue weighted by atomic mass is 9.73. The van der Waals surface area contributed by atoms with Crippen LogP contribution in [0, 0.1) is 17.3 Å². The van der Waals surface area contributed by atoms with Crippen LogP contribution in [-0.4, -0.2) is 86.8 Å². The Morgan fingerprint density at radius 2 is 1.87 bits per heavy atom. The van der Waals surface area contributed by atoms with Gasteiger partial charge in [-0.25, -0.2) is 4.79 Å². The average Bonchev–Trinajstić information content (AvgIpc) is 3.33. The lowest BCUT2D eigenvalue weighted by Gasteiger charge is -2.35. The van der Waals surface area contributed by atoms with Gasteiger partial charge in [-0.2, -0.15) is 5.10 Å². The first-order chi connectivity index (χ1) is 21.2. The van der Waals surface area contributed by atoms with Gasteiger partial charge in [-0.1, -0.05) is 34.1 Å². The largest absolute Gasteiger partial charge is 0.455 e. The summed E-state index contributed by atoms with van der Waals surface area (Å²) in [5.74, 6) is -1.80. The summed E-state index contributed by atoms with van der Waals surface area (Å²) < 4.78 is 19.3. The molecule has 11 nitrogen and oxygen atoms in total. The molecule has 1 aliphatic heterocycles. The van der Waals surface area contributed by atoms with Crippen molar-refractivity contribution in [1.82, 2.24) is 15.1 Å². The van der Waals surface area contributed by atoms with Crippen LogP contribution in [0.5, 0.6) is 0 Å². The summed E-state index contributed by atoms with van der Waals surface area (Å²) >= 11 is 1.48. The molecule has 1 saturated heterocycles. The van der Waals surface area contributed by atoms with Crippen LogP contribution in [0.4, 0.5) is 4.79 Å². The third kappa shape index (κ3) is 12.0. The van der Waals surface area contributed by atoms with Crippen LogP contribution in [0.25, 0.3) is 6.08 Å². The number of aliphatic hydroxyl groups excluding tert-OH is 2. The van der Waals surface area contributed by atoms with Crippen LogP contribution in [0.15, 0.2) is 16.7 Å². The maximum absolute atomic E-state index is 13.4. The Morgan fingerprint density at radius 1 is 1.22 bits per heavy atom. The van der Waals surface area contributed by atoms with E-state index >= 15 is 0 Å². The lowest BCUT2D eigenvalue weighted by Crippen LogP contribution is -2.46. The quantitative estimate of drug-likeness (QED) is 0.266. The minimum absolute atomic E-state index is 0.0818. The molecule has 46 heavy (non-hydrogen) atoms. The molecular formula is C34H57N3O8S. The minimum Gasteiger partial charge on any atom is -0.455 e. The van der Waals surface area contributed by atoms with Gasteiger partial charge in [0.15, 0.2) is 0 Å². The number of aromatic nitrogens is 2. The molecule has 2 heterocycles. The summed E-state index contributed by atoms with van der Waals surface area (Å²) in [6.07, 6.45) is 2.12. The van der Waals surface area contributed by atoms with E-state index in [9.17, 15) is 24.6 Å². The molecule has 0 bridgehead atoms. The fourth-order valence-corrected chi connectivity index (χ4v) is 5.80. The van der Waals surface area contributed by atoms with Crippen LogP contribution in [0.2, 0.25) is 0 Å². The summed E-state index contributed by atoms with van der Waals surface area (Å²) in [5, 5.41) is 30.1. The molecule has 1 aromatic rings. The Balaban J connectivity index is 2.35. The Bertz CT molecular complexity index is 1220. The molecule has 5 atom stereocenters. The van der Waals surface area contributed by atoms with E-state index in [0.29, 0.717) is 31.5 Å². The van der Waals surface area contributed by atoms with Gasteiger partial charge in [-0.05, 0) is 84.3 Å². The third-order valence-electron chi connectivity index (χ3n) is 8.55. The van der Waals surface area contributed by atoms with Crippen molar-refractivity contribution < 1.29 is 38.8 Å². The molecule has 3 N–H and O–H groups in total. The number of esters is 1. The molecule has 0 aliphatic carbocycles. The second-order valence-electron chi connectivity index (χ2n) is 14.7. The third-order valence-corrected chi connectivity index (χ3v) is 9.17.